The SMILES string of the molecule is COc1cccc(Cn2cc(CCn3cncn3)nn2)c1. The summed E-state index contributed by atoms with van der Waals surface area (Å²) in [7, 11) is 1.66. The van der Waals surface area contributed by atoms with Gasteiger partial charge in [0.25, 0.3) is 0 Å². The molecule has 7 heteroatoms. The largest absolute Gasteiger partial charge is 0.497 e. The Balaban J connectivity index is 1.61. The van der Waals surface area contributed by atoms with E-state index in [1.165, 1.54) is 6.33 Å². The summed E-state index contributed by atoms with van der Waals surface area (Å²) < 4.78 is 8.82. The molecular formula is C14H16N6O. The standard InChI is InChI=1S/C14H16N6O/c1-21-14-4-2-3-12(7-14)8-20-9-13(17-18-20)5-6-19-11-15-10-16-19/h2-4,7,9-11H,5-6,8H2,1H3. The fourth-order valence-corrected chi connectivity index (χ4v) is 2.07. The third-order valence-corrected chi connectivity index (χ3v) is 3.13. The Kier molecular flexibility index (Phi) is 3.90. The van der Waals surface area contributed by atoms with E-state index in [0.717, 1.165) is 30.0 Å². The fraction of sp³-hybridized carbons (Fsp3) is 0.286. The van der Waals surface area contributed by atoms with Crippen molar-refractivity contribution in [1.29, 1.82) is 0 Å². The van der Waals surface area contributed by atoms with Crippen LogP contribution >= 0.6 is 0 Å². The normalized spacial score (nSPS) is 10.7. The van der Waals surface area contributed by atoms with Crippen LogP contribution < -0.4 is 4.74 Å². The molecule has 0 N–H and O–H groups in total. The summed E-state index contributed by atoms with van der Waals surface area (Å²) in [5.41, 5.74) is 2.07. The third kappa shape index (κ3) is 3.44. The molecule has 0 saturated heterocycles. The minimum atomic E-state index is 0.674. The van der Waals surface area contributed by atoms with Crippen molar-refractivity contribution in [2.45, 2.75) is 19.5 Å². The Morgan fingerprint density at radius 3 is 3.00 bits per heavy atom. The minimum absolute atomic E-state index is 0.674. The van der Waals surface area contributed by atoms with Crippen LogP contribution in [0.25, 0.3) is 0 Å². The van der Waals surface area contributed by atoms with E-state index in [9.17, 15) is 0 Å². The number of rotatable bonds is 6. The molecule has 0 bridgehead atoms. The molecule has 0 spiro atoms. The van der Waals surface area contributed by atoms with Crippen molar-refractivity contribution in [2.75, 3.05) is 7.11 Å². The topological polar surface area (TPSA) is 70.7 Å². The van der Waals surface area contributed by atoms with Gasteiger partial charge in [-0.05, 0) is 17.7 Å². The second-order valence-corrected chi connectivity index (χ2v) is 4.67. The molecule has 108 valence electrons. The molecule has 2 heterocycles. The van der Waals surface area contributed by atoms with E-state index in [2.05, 4.69) is 20.4 Å². The fourth-order valence-electron chi connectivity index (χ4n) is 2.07. The maximum absolute atomic E-state index is 5.22. The monoisotopic (exact) mass is 284 g/mol. The van der Waals surface area contributed by atoms with Gasteiger partial charge in [-0.3, -0.25) is 4.68 Å². The number of aryl methyl sites for hydroxylation is 2. The van der Waals surface area contributed by atoms with Gasteiger partial charge >= 0.3 is 0 Å². The summed E-state index contributed by atoms with van der Waals surface area (Å²) in [5, 5.41) is 12.4. The van der Waals surface area contributed by atoms with Crippen LogP contribution in [0.1, 0.15) is 11.3 Å². The first kappa shape index (κ1) is 13.3. The molecule has 1 aromatic carbocycles. The predicted molar refractivity (Wildman–Crippen MR) is 75.8 cm³/mol. The van der Waals surface area contributed by atoms with Crippen molar-refractivity contribution in [3.63, 3.8) is 0 Å². The van der Waals surface area contributed by atoms with Crippen molar-refractivity contribution in [2.24, 2.45) is 0 Å². The van der Waals surface area contributed by atoms with Crippen LogP contribution in [0.15, 0.2) is 43.1 Å². The Labute approximate surface area is 122 Å². The Bertz CT molecular complexity index is 691. The average Bonchev–Trinajstić information content (AvgIpc) is 3.17. The summed E-state index contributed by atoms with van der Waals surface area (Å²) in [6, 6.07) is 7.93. The molecule has 7 nitrogen and oxygen atoms in total. The second kappa shape index (κ2) is 6.17. The maximum Gasteiger partial charge on any atom is 0.137 e. The minimum Gasteiger partial charge on any atom is -0.497 e. The van der Waals surface area contributed by atoms with Gasteiger partial charge in [0, 0.05) is 19.2 Å². The van der Waals surface area contributed by atoms with Crippen LogP contribution in [0, 0.1) is 0 Å². The van der Waals surface area contributed by atoms with Crippen LogP contribution in [0.5, 0.6) is 5.75 Å². The first-order valence-electron chi connectivity index (χ1n) is 6.68. The highest BCUT2D eigenvalue weighted by Gasteiger charge is 2.03. The first-order valence-corrected chi connectivity index (χ1v) is 6.68. The van der Waals surface area contributed by atoms with Crippen molar-refractivity contribution < 1.29 is 4.74 Å². The predicted octanol–water partition coefficient (Wildman–Crippen LogP) is 1.17. The van der Waals surface area contributed by atoms with Crippen molar-refractivity contribution >= 4 is 0 Å². The van der Waals surface area contributed by atoms with E-state index >= 15 is 0 Å². The molecule has 3 rings (SSSR count). The zero-order valence-corrected chi connectivity index (χ0v) is 11.8. The summed E-state index contributed by atoms with van der Waals surface area (Å²) >= 11 is 0. The second-order valence-electron chi connectivity index (χ2n) is 4.67. The number of hydrogen-bond donors (Lipinski definition) is 0. The lowest BCUT2D eigenvalue weighted by atomic mass is 10.2. The van der Waals surface area contributed by atoms with E-state index in [4.69, 9.17) is 4.74 Å². The zero-order valence-electron chi connectivity index (χ0n) is 11.8. The molecule has 21 heavy (non-hydrogen) atoms. The van der Waals surface area contributed by atoms with Crippen LogP contribution in [0.2, 0.25) is 0 Å². The summed E-state index contributed by atoms with van der Waals surface area (Å²) in [5.74, 6) is 0.846. The van der Waals surface area contributed by atoms with Crippen molar-refractivity contribution in [3.8, 4) is 5.75 Å². The molecular weight excluding hydrogens is 268 g/mol. The van der Waals surface area contributed by atoms with E-state index in [0.29, 0.717) is 6.54 Å². The molecule has 0 aliphatic heterocycles. The van der Waals surface area contributed by atoms with Gasteiger partial charge in [0.05, 0.1) is 19.3 Å². The summed E-state index contributed by atoms with van der Waals surface area (Å²) in [6.07, 6.45) is 5.96. The van der Waals surface area contributed by atoms with Crippen LogP contribution in [-0.4, -0.2) is 36.9 Å². The van der Waals surface area contributed by atoms with Gasteiger partial charge in [-0.2, -0.15) is 5.10 Å². The number of nitrogens with zero attached hydrogens (tertiary/aromatic N) is 6. The van der Waals surface area contributed by atoms with E-state index in [1.54, 1.807) is 18.1 Å². The molecule has 3 aromatic rings. The van der Waals surface area contributed by atoms with Crippen LogP contribution in [0.4, 0.5) is 0 Å². The zero-order chi connectivity index (χ0) is 14.5. The molecule has 0 saturated carbocycles. The highest BCUT2D eigenvalue weighted by Crippen LogP contribution is 2.13. The Morgan fingerprint density at radius 2 is 2.19 bits per heavy atom. The lowest BCUT2D eigenvalue weighted by molar-refractivity contribution is 0.414. The van der Waals surface area contributed by atoms with Crippen molar-refractivity contribution in [3.05, 3.63) is 54.4 Å². The van der Waals surface area contributed by atoms with Gasteiger partial charge in [-0.1, -0.05) is 17.3 Å². The number of hydrogen-bond acceptors (Lipinski definition) is 5. The number of aromatic nitrogens is 6. The Hall–Kier alpha value is -2.70. The third-order valence-electron chi connectivity index (χ3n) is 3.13. The van der Waals surface area contributed by atoms with E-state index < -0.39 is 0 Å². The molecule has 0 atom stereocenters. The number of benzene rings is 1. The molecule has 0 unspecified atom stereocenters. The smallest absolute Gasteiger partial charge is 0.137 e. The maximum atomic E-state index is 5.22. The molecule has 0 radical (unpaired) electrons. The first-order chi connectivity index (χ1) is 10.3. The van der Waals surface area contributed by atoms with E-state index in [-0.39, 0.29) is 0 Å². The number of ether oxygens (including phenoxy) is 1. The van der Waals surface area contributed by atoms with Gasteiger partial charge in [-0.15, -0.1) is 5.10 Å². The molecule has 0 aliphatic carbocycles. The van der Waals surface area contributed by atoms with Gasteiger partial charge in [-0.25, -0.2) is 9.67 Å². The summed E-state index contributed by atoms with van der Waals surface area (Å²) in [6.45, 7) is 1.42. The van der Waals surface area contributed by atoms with Gasteiger partial charge in [0.15, 0.2) is 0 Å². The van der Waals surface area contributed by atoms with Gasteiger partial charge in [0.2, 0.25) is 0 Å². The van der Waals surface area contributed by atoms with Crippen molar-refractivity contribution in [1.82, 2.24) is 29.8 Å². The summed E-state index contributed by atoms with van der Waals surface area (Å²) in [4.78, 5) is 3.91. The average molecular weight is 284 g/mol. The van der Waals surface area contributed by atoms with Gasteiger partial charge in [0.1, 0.15) is 18.4 Å². The molecule has 2 aromatic heterocycles. The van der Waals surface area contributed by atoms with E-state index in [1.807, 2.05) is 35.1 Å². The lowest BCUT2D eigenvalue weighted by Crippen LogP contribution is -2.02. The molecule has 0 fully saturated rings. The van der Waals surface area contributed by atoms with Gasteiger partial charge < -0.3 is 4.74 Å². The van der Waals surface area contributed by atoms with Crippen LogP contribution in [0.3, 0.4) is 0 Å². The lowest BCUT2D eigenvalue weighted by Gasteiger charge is -2.03. The highest BCUT2D eigenvalue weighted by atomic mass is 16.5. The highest BCUT2D eigenvalue weighted by molar-refractivity contribution is 5.28. The Morgan fingerprint density at radius 1 is 1.24 bits per heavy atom. The number of methoxy groups -OCH3 is 1. The molecule has 0 aliphatic rings. The molecule has 0 amide bonds. The van der Waals surface area contributed by atoms with Crippen LogP contribution in [-0.2, 0) is 19.5 Å². The quantitative estimate of drug-likeness (QED) is 0.679.